The van der Waals surface area contributed by atoms with E-state index in [0.29, 0.717) is 17.8 Å². The Balaban J connectivity index is 1.71. The normalized spacial score (nSPS) is 21.7. The van der Waals surface area contributed by atoms with Crippen LogP contribution in [0.1, 0.15) is 12.8 Å². The fourth-order valence-electron chi connectivity index (χ4n) is 2.31. The standard InChI is InChI=1S/C11H12N4O5S/c16-10(17)7-2-1-6(20-7)5-12-8-9(15(18)19)14-3-4-21-11(14)13-8/h3-4,6-7,12H,1-2,5H2,(H,16,17). The fraction of sp³-hybridized carbons (Fsp3) is 0.455. The smallest absolute Gasteiger partial charge is 0.372 e. The summed E-state index contributed by atoms with van der Waals surface area (Å²) in [5.41, 5.74) is 0. The molecule has 0 amide bonds. The molecule has 10 heteroatoms. The lowest BCUT2D eigenvalue weighted by molar-refractivity contribution is -0.389. The molecule has 1 aliphatic heterocycles. The molecule has 112 valence electrons. The van der Waals surface area contributed by atoms with Crippen molar-refractivity contribution < 1.29 is 19.6 Å². The Labute approximate surface area is 122 Å². The van der Waals surface area contributed by atoms with E-state index in [9.17, 15) is 14.9 Å². The number of hydrogen-bond acceptors (Lipinski definition) is 7. The molecule has 0 bridgehead atoms. The van der Waals surface area contributed by atoms with Gasteiger partial charge in [0.1, 0.15) is 6.20 Å². The topological polar surface area (TPSA) is 119 Å². The van der Waals surface area contributed by atoms with Crippen molar-refractivity contribution in [3.05, 3.63) is 21.7 Å². The van der Waals surface area contributed by atoms with E-state index in [1.807, 2.05) is 0 Å². The lowest BCUT2D eigenvalue weighted by Gasteiger charge is -2.11. The van der Waals surface area contributed by atoms with Gasteiger partial charge in [-0.05, 0) is 17.8 Å². The number of aromatic nitrogens is 2. The van der Waals surface area contributed by atoms with Gasteiger partial charge < -0.3 is 25.3 Å². The molecular formula is C11H12N4O5S. The van der Waals surface area contributed by atoms with Crippen LogP contribution in [0.4, 0.5) is 11.6 Å². The largest absolute Gasteiger partial charge is 0.479 e. The number of carboxylic acids is 1. The predicted molar refractivity (Wildman–Crippen MR) is 73.7 cm³/mol. The Morgan fingerprint density at radius 2 is 2.48 bits per heavy atom. The Bertz CT molecular complexity index is 696. The zero-order chi connectivity index (χ0) is 15.0. The van der Waals surface area contributed by atoms with Crippen LogP contribution in [0, 0.1) is 10.1 Å². The van der Waals surface area contributed by atoms with Gasteiger partial charge in [-0.25, -0.2) is 4.79 Å². The molecule has 2 aromatic rings. The summed E-state index contributed by atoms with van der Waals surface area (Å²) in [5.74, 6) is -0.931. The minimum absolute atomic E-state index is 0.126. The molecule has 0 spiro atoms. The van der Waals surface area contributed by atoms with Crippen molar-refractivity contribution in [2.24, 2.45) is 0 Å². The first kappa shape index (κ1) is 13.8. The molecule has 0 saturated carbocycles. The molecule has 0 aromatic carbocycles. The molecule has 1 aliphatic rings. The van der Waals surface area contributed by atoms with Gasteiger partial charge in [0.2, 0.25) is 5.82 Å². The first-order valence-electron chi connectivity index (χ1n) is 6.28. The number of nitrogens with zero attached hydrogens (tertiary/aromatic N) is 3. The van der Waals surface area contributed by atoms with Crippen LogP contribution in [0.2, 0.25) is 0 Å². The molecular weight excluding hydrogens is 300 g/mol. The summed E-state index contributed by atoms with van der Waals surface area (Å²) in [6, 6.07) is 0. The van der Waals surface area contributed by atoms with Gasteiger partial charge in [-0.2, -0.15) is 9.38 Å². The number of carboxylic acid groups (broad SMARTS) is 1. The lowest BCUT2D eigenvalue weighted by Crippen LogP contribution is -2.24. The lowest BCUT2D eigenvalue weighted by atomic mass is 10.2. The van der Waals surface area contributed by atoms with E-state index in [0.717, 1.165) is 0 Å². The quantitative estimate of drug-likeness (QED) is 0.631. The molecule has 0 radical (unpaired) electrons. The molecule has 1 fully saturated rings. The molecule has 2 aromatic heterocycles. The number of fused-ring (bicyclic) bond motifs is 1. The van der Waals surface area contributed by atoms with Crippen molar-refractivity contribution >= 4 is 33.9 Å². The average molecular weight is 312 g/mol. The maximum Gasteiger partial charge on any atom is 0.372 e. The zero-order valence-corrected chi connectivity index (χ0v) is 11.6. The monoisotopic (exact) mass is 312 g/mol. The van der Waals surface area contributed by atoms with Crippen LogP contribution in [0.5, 0.6) is 0 Å². The number of thiazole rings is 1. The third-order valence-corrected chi connectivity index (χ3v) is 4.05. The van der Waals surface area contributed by atoms with Crippen LogP contribution in [0.25, 0.3) is 4.96 Å². The molecule has 3 rings (SSSR count). The summed E-state index contributed by atoms with van der Waals surface area (Å²) in [6.07, 6.45) is 1.55. The van der Waals surface area contributed by atoms with Crippen molar-refractivity contribution in [1.82, 2.24) is 9.38 Å². The van der Waals surface area contributed by atoms with Crippen LogP contribution in [-0.2, 0) is 9.53 Å². The van der Waals surface area contributed by atoms with Crippen molar-refractivity contribution in [3.63, 3.8) is 0 Å². The van der Waals surface area contributed by atoms with E-state index in [1.165, 1.54) is 15.7 Å². The Morgan fingerprint density at radius 3 is 3.14 bits per heavy atom. The van der Waals surface area contributed by atoms with E-state index in [4.69, 9.17) is 9.84 Å². The van der Waals surface area contributed by atoms with E-state index >= 15 is 0 Å². The van der Waals surface area contributed by atoms with Gasteiger partial charge in [0.25, 0.3) is 4.96 Å². The number of anilines is 1. The van der Waals surface area contributed by atoms with Crippen molar-refractivity contribution in [3.8, 4) is 0 Å². The van der Waals surface area contributed by atoms with E-state index in [2.05, 4.69) is 10.3 Å². The van der Waals surface area contributed by atoms with Gasteiger partial charge in [0.05, 0.1) is 6.10 Å². The summed E-state index contributed by atoms with van der Waals surface area (Å²) in [7, 11) is 0. The summed E-state index contributed by atoms with van der Waals surface area (Å²) < 4.78 is 6.74. The summed E-state index contributed by atoms with van der Waals surface area (Å²) in [6.45, 7) is 0.287. The average Bonchev–Trinajstić information content (AvgIpc) is 3.10. The number of hydrogen-bond donors (Lipinski definition) is 2. The maximum absolute atomic E-state index is 11.1. The highest BCUT2D eigenvalue weighted by Gasteiger charge is 2.31. The van der Waals surface area contributed by atoms with Crippen molar-refractivity contribution in [2.45, 2.75) is 25.0 Å². The van der Waals surface area contributed by atoms with E-state index in [-0.39, 0.29) is 24.3 Å². The van der Waals surface area contributed by atoms with Gasteiger partial charge in [0.15, 0.2) is 6.10 Å². The summed E-state index contributed by atoms with van der Waals surface area (Å²) in [4.78, 5) is 26.1. The Morgan fingerprint density at radius 1 is 1.67 bits per heavy atom. The molecule has 1 saturated heterocycles. The molecule has 2 N–H and O–H groups in total. The van der Waals surface area contributed by atoms with Gasteiger partial charge >= 0.3 is 11.8 Å². The van der Waals surface area contributed by atoms with Crippen molar-refractivity contribution in [2.75, 3.05) is 11.9 Å². The number of rotatable bonds is 5. The van der Waals surface area contributed by atoms with Crippen molar-refractivity contribution in [1.29, 1.82) is 0 Å². The highest BCUT2D eigenvalue weighted by molar-refractivity contribution is 7.15. The van der Waals surface area contributed by atoms with Crippen LogP contribution >= 0.6 is 11.3 Å². The molecule has 2 unspecified atom stereocenters. The third-order valence-electron chi connectivity index (χ3n) is 3.29. The summed E-state index contributed by atoms with van der Waals surface area (Å²) in [5, 5.41) is 24.6. The van der Waals surface area contributed by atoms with Crippen LogP contribution in [-0.4, -0.2) is 44.1 Å². The summed E-state index contributed by atoms with van der Waals surface area (Å²) >= 11 is 1.30. The highest BCUT2D eigenvalue weighted by Crippen LogP contribution is 2.28. The molecule has 3 heterocycles. The van der Waals surface area contributed by atoms with Gasteiger partial charge in [-0.15, -0.1) is 0 Å². The maximum atomic E-state index is 11.1. The second kappa shape index (κ2) is 5.30. The van der Waals surface area contributed by atoms with Crippen LogP contribution < -0.4 is 5.32 Å². The zero-order valence-electron chi connectivity index (χ0n) is 10.8. The number of ether oxygens (including phenoxy) is 1. The van der Waals surface area contributed by atoms with Gasteiger partial charge in [-0.1, -0.05) is 11.3 Å². The fourth-order valence-corrected chi connectivity index (χ4v) is 3.02. The number of imidazole rings is 1. The number of nitro groups is 1. The third kappa shape index (κ3) is 2.54. The number of aliphatic carboxylic acids is 1. The first-order valence-corrected chi connectivity index (χ1v) is 7.16. The minimum Gasteiger partial charge on any atom is -0.479 e. The SMILES string of the molecule is O=C(O)C1CCC(CNc2nc3sccn3c2[N+](=O)[O-])O1. The van der Waals surface area contributed by atoms with E-state index < -0.39 is 17.0 Å². The second-order valence-corrected chi connectivity index (χ2v) is 5.51. The number of nitrogens with one attached hydrogen (secondary N) is 1. The van der Waals surface area contributed by atoms with E-state index in [1.54, 1.807) is 11.6 Å². The number of carbonyl (C=O) groups is 1. The Hall–Kier alpha value is -2.20. The Kier molecular flexibility index (Phi) is 3.47. The predicted octanol–water partition coefficient (Wildman–Crippen LogP) is 1.35. The van der Waals surface area contributed by atoms with Crippen LogP contribution in [0.15, 0.2) is 11.6 Å². The molecule has 0 aliphatic carbocycles. The second-order valence-electron chi connectivity index (χ2n) is 4.64. The minimum atomic E-state index is -0.981. The van der Waals surface area contributed by atoms with Crippen LogP contribution in [0.3, 0.4) is 0 Å². The molecule has 21 heavy (non-hydrogen) atoms. The first-order chi connectivity index (χ1) is 10.1. The van der Waals surface area contributed by atoms with Gasteiger partial charge in [0, 0.05) is 11.9 Å². The highest BCUT2D eigenvalue weighted by atomic mass is 32.1. The van der Waals surface area contributed by atoms with Gasteiger partial charge in [-0.3, -0.25) is 0 Å². The molecule has 2 atom stereocenters. The molecule has 9 nitrogen and oxygen atoms in total.